The van der Waals surface area contributed by atoms with Crippen LogP contribution in [0.5, 0.6) is 0 Å². The van der Waals surface area contributed by atoms with Gasteiger partial charge in [0.05, 0.1) is 0 Å². The van der Waals surface area contributed by atoms with Crippen LogP contribution in [0.1, 0.15) is 24.2 Å². The summed E-state index contributed by atoms with van der Waals surface area (Å²) < 4.78 is 12.9. The highest BCUT2D eigenvalue weighted by Crippen LogP contribution is 2.23. The van der Waals surface area contributed by atoms with Gasteiger partial charge in [0, 0.05) is 24.0 Å². The van der Waals surface area contributed by atoms with Gasteiger partial charge in [0.25, 0.3) is 0 Å². The molecular formula is C15H15FN2O. The first kappa shape index (κ1) is 13.2. The molecule has 0 saturated carbocycles. The highest BCUT2D eigenvalue weighted by molar-refractivity contribution is 5.93. The van der Waals surface area contributed by atoms with Gasteiger partial charge in [0.15, 0.2) is 5.78 Å². The SMILES string of the molecule is CCN(c1ccc(F)cc1)c1ccc(C(C)=O)cn1. The predicted octanol–water partition coefficient (Wildman–Crippen LogP) is 3.58. The van der Waals surface area contributed by atoms with Gasteiger partial charge >= 0.3 is 0 Å². The van der Waals surface area contributed by atoms with Crippen molar-refractivity contribution in [3.63, 3.8) is 0 Å². The van der Waals surface area contributed by atoms with E-state index >= 15 is 0 Å². The van der Waals surface area contributed by atoms with Crippen LogP contribution < -0.4 is 4.90 Å². The minimum Gasteiger partial charge on any atom is -0.327 e. The Balaban J connectivity index is 2.31. The Morgan fingerprint density at radius 1 is 1.21 bits per heavy atom. The minimum atomic E-state index is -0.264. The van der Waals surface area contributed by atoms with Crippen molar-refractivity contribution in [1.82, 2.24) is 4.98 Å². The fourth-order valence-electron chi connectivity index (χ4n) is 1.85. The molecule has 98 valence electrons. The Morgan fingerprint density at radius 2 is 1.89 bits per heavy atom. The van der Waals surface area contributed by atoms with E-state index in [0.717, 1.165) is 11.5 Å². The molecule has 0 amide bonds. The number of nitrogens with zero attached hydrogens (tertiary/aromatic N) is 2. The minimum absolute atomic E-state index is 0.0103. The summed E-state index contributed by atoms with van der Waals surface area (Å²) >= 11 is 0. The summed E-state index contributed by atoms with van der Waals surface area (Å²) in [7, 11) is 0. The third-order valence-electron chi connectivity index (χ3n) is 2.89. The van der Waals surface area contributed by atoms with Gasteiger partial charge in [-0.15, -0.1) is 0 Å². The second-order valence-corrected chi connectivity index (χ2v) is 4.18. The van der Waals surface area contributed by atoms with Crippen LogP contribution in [0.3, 0.4) is 0 Å². The number of Topliss-reactive ketones (excluding diaryl/α,β-unsaturated/α-hetero) is 1. The molecule has 0 radical (unpaired) electrons. The van der Waals surface area contributed by atoms with Crippen molar-refractivity contribution in [3.05, 3.63) is 54.0 Å². The van der Waals surface area contributed by atoms with E-state index in [1.165, 1.54) is 19.1 Å². The molecule has 0 fully saturated rings. The maximum atomic E-state index is 12.9. The molecule has 19 heavy (non-hydrogen) atoms. The van der Waals surface area contributed by atoms with Gasteiger partial charge < -0.3 is 4.90 Å². The highest BCUT2D eigenvalue weighted by Gasteiger charge is 2.09. The van der Waals surface area contributed by atoms with Crippen molar-refractivity contribution in [2.75, 3.05) is 11.4 Å². The van der Waals surface area contributed by atoms with Crippen molar-refractivity contribution >= 4 is 17.3 Å². The van der Waals surface area contributed by atoms with Crippen LogP contribution in [0.2, 0.25) is 0 Å². The first-order valence-corrected chi connectivity index (χ1v) is 6.12. The lowest BCUT2D eigenvalue weighted by molar-refractivity contribution is 0.101. The monoisotopic (exact) mass is 258 g/mol. The molecule has 0 aliphatic carbocycles. The Morgan fingerprint density at radius 3 is 2.37 bits per heavy atom. The summed E-state index contributed by atoms with van der Waals surface area (Å²) in [6, 6.07) is 9.79. The van der Waals surface area contributed by atoms with E-state index in [0.29, 0.717) is 12.1 Å². The van der Waals surface area contributed by atoms with E-state index in [2.05, 4.69) is 4.98 Å². The van der Waals surface area contributed by atoms with Gasteiger partial charge in [0.1, 0.15) is 11.6 Å². The lowest BCUT2D eigenvalue weighted by atomic mass is 10.2. The zero-order chi connectivity index (χ0) is 13.8. The fraction of sp³-hybridized carbons (Fsp3) is 0.200. The standard InChI is InChI=1S/C15H15FN2O/c1-3-18(14-7-5-13(16)6-8-14)15-9-4-12(10-17-15)11(2)19/h4-10H,3H2,1-2H3. The molecule has 2 aromatic rings. The van der Waals surface area contributed by atoms with Crippen LogP contribution in [0.25, 0.3) is 0 Å². The normalized spacial score (nSPS) is 10.3. The number of benzene rings is 1. The number of pyridine rings is 1. The van der Waals surface area contributed by atoms with Gasteiger partial charge in [-0.25, -0.2) is 9.37 Å². The fourth-order valence-corrected chi connectivity index (χ4v) is 1.85. The molecule has 2 rings (SSSR count). The highest BCUT2D eigenvalue weighted by atomic mass is 19.1. The van der Waals surface area contributed by atoms with E-state index in [4.69, 9.17) is 0 Å². The third-order valence-corrected chi connectivity index (χ3v) is 2.89. The number of carbonyl (C=O) groups excluding carboxylic acids is 1. The summed E-state index contributed by atoms with van der Waals surface area (Å²) in [6.45, 7) is 4.20. The average molecular weight is 258 g/mol. The lowest BCUT2D eigenvalue weighted by Crippen LogP contribution is -2.17. The number of aromatic nitrogens is 1. The molecule has 0 aliphatic heterocycles. The second kappa shape index (κ2) is 5.61. The Labute approximate surface area is 111 Å². The van der Waals surface area contributed by atoms with Crippen molar-refractivity contribution in [1.29, 1.82) is 0 Å². The molecule has 0 unspecified atom stereocenters. The molecule has 0 saturated heterocycles. The average Bonchev–Trinajstić information content (AvgIpc) is 2.42. The first-order valence-electron chi connectivity index (χ1n) is 6.12. The summed E-state index contributed by atoms with van der Waals surface area (Å²) in [5, 5.41) is 0. The van der Waals surface area contributed by atoms with Crippen molar-refractivity contribution in [2.45, 2.75) is 13.8 Å². The van der Waals surface area contributed by atoms with Crippen LogP contribution >= 0.6 is 0 Å². The summed E-state index contributed by atoms with van der Waals surface area (Å²) in [6.07, 6.45) is 1.56. The first-order chi connectivity index (χ1) is 9.11. The molecule has 1 aromatic carbocycles. The number of hydrogen-bond acceptors (Lipinski definition) is 3. The number of halogens is 1. The predicted molar refractivity (Wildman–Crippen MR) is 73.3 cm³/mol. The van der Waals surface area contributed by atoms with Gasteiger partial charge in [-0.3, -0.25) is 4.79 Å². The number of anilines is 2. The van der Waals surface area contributed by atoms with E-state index in [1.54, 1.807) is 30.5 Å². The Bertz CT molecular complexity index is 564. The molecule has 1 heterocycles. The maximum absolute atomic E-state index is 12.9. The molecule has 0 spiro atoms. The van der Waals surface area contributed by atoms with Crippen LogP contribution in [0.4, 0.5) is 15.9 Å². The number of ketones is 1. The van der Waals surface area contributed by atoms with Gasteiger partial charge in [-0.1, -0.05) is 0 Å². The Hall–Kier alpha value is -2.23. The summed E-state index contributed by atoms with van der Waals surface area (Å²) in [5.41, 5.74) is 1.45. The maximum Gasteiger partial charge on any atom is 0.161 e. The van der Waals surface area contributed by atoms with E-state index in [1.807, 2.05) is 11.8 Å². The third kappa shape index (κ3) is 2.96. The van der Waals surface area contributed by atoms with E-state index in [-0.39, 0.29) is 11.6 Å². The molecule has 0 atom stereocenters. The Kier molecular flexibility index (Phi) is 3.90. The number of hydrogen-bond donors (Lipinski definition) is 0. The molecule has 0 aliphatic rings. The smallest absolute Gasteiger partial charge is 0.161 e. The van der Waals surface area contributed by atoms with Crippen LogP contribution in [0, 0.1) is 5.82 Å². The van der Waals surface area contributed by atoms with Crippen molar-refractivity contribution in [2.24, 2.45) is 0 Å². The van der Waals surface area contributed by atoms with Gasteiger partial charge in [-0.05, 0) is 50.2 Å². The van der Waals surface area contributed by atoms with Crippen LogP contribution in [-0.4, -0.2) is 17.3 Å². The van der Waals surface area contributed by atoms with E-state index < -0.39 is 0 Å². The molecule has 0 N–H and O–H groups in total. The second-order valence-electron chi connectivity index (χ2n) is 4.18. The molecule has 4 heteroatoms. The van der Waals surface area contributed by atoms with E-state index in [9.17, 15) is 9.18 Å². The quantitative estimate of drug-likeness (QED) is 0.786. The lowest BCUT2D eigenvalue weighted by Gasteiger charge is -2.22. The topological polar surface area (TPSA) is 33.2 Å². The largest absolute Gasteiger partial charge is 0.327 e. The zero-order valence-corrected chi connectivity index (χ0v) is 10.9. The van der Waals surface area contributed by atoms with Crippen LogP contribution in [0.15, 0.2) is 42.6 Å². The van der Waals surface area contributed by atoms with Gasteiger partial charge in [0.2, 0.25) is 0 Å². The molecule has 1 aromatic heterocycles. The zero-order valence-electron chi connectivity index (χ0n) is 10.9. The van der Waals surface area contributed by atoms with Crippen LogP contribution in [-0.2, 0) is 0 Å². The van der Waals surface area contributed by atoms with Crippen molar-refractivity contribution in [3.8, 4) is 0 Å². The summed E-state index contributed by atoms with van der Waals surface area (Å²) in [5.74, 6) is 0.461. The number of carbonyl (C=O) groups is 1. The number of rotatable bonds is 4. The molecule has 0 bridgehead atoms. The van der Waals surface area contributed by atoms with Crippen molar-refractivity contribution < 1.29 is 9.18 Å². The summed E-state index contributed by atoms with van der Waals surface area (Å²) in [4.78, 5) is 17.4. The molecular weight excluding hydrogens is 243 g/mol. The molecule has 3 nitrogen and oxygen atoms in total. The van der Waals surface area contributed by atoms with Gasteiger partial charge in [-0.2, -0.15) is 0 Å².